The second kappa shape index (κ2) is 5.93. The van der Waals surface area contributed by atoms with Crippen LogP contribution in [0, 0.1) is 5.41 Å². The summed E-state index contributed by atoms with van der Waals surface area (Å²) in [5.41, 5.74) is -0.823. The normalized spacial score (nSPS) is 44.3. The minimum atomic E-state index is -0.823. The second-order valence-electron chi connectivity index (χ2n) is 7.27. The average Bonchev–Trinajstić information content (AvgIpc) is 3.30. The van der Waals surface area contributed by atoms with Gasteiger partial charge in [0.2, 0.25) is 0 Å². The van der Waals surface area contributed by atoms with E-state index in [2.05, 4.69) is 0 Å². The molecular formula is C16H25ClO5. The second-order valence-corrected chi connectivity index (χ2v) is 7.74. The fraction of sp³-hybridized carbons (Fsp3) is 0.938. The van der Waals surface area contributed by atoms with E-state index in [9.17, 15) is 9.90 Å². The van der Waals surface area contributed by atoms with E-state index in [0.29, 0.717) is 19.3 Å². The number of aliphatic hydroxyl groups is 1. The first kappa shape index (κ1) is 16.5. The Morgan fingerprint density at radius 2 is 2.05 bits per heavy atom. The fourth-order valence-corrected chi connectivity index (χ4v) is 3.60. The largest absolute Gasteiger partial charge is 0.462 e. The van der Waals surface area contributed by atoms with Crippen molar-refractivity contribution in [3.05, 3.63) is 0 Å². The van der Waals surface area contributed by atoms with Gasteiger partial charge >= 0.3 is 5.97 Å². The maximum atomic E-state index is 12.5. The van der Waals surface area contributed by atoms with Crippen LogP contribution in [0.3, 0.4) is 0 Å². The fourth-order valence-electron chi connectivity index (χ4n) is 3.30. The van der Waals surface area contributed by atoms with E-state index >= 15 is 0 Å². The molecule has 0 aromatic heterocycles. The molecule has 6 heteroatoms. The lowest BCUT2D eigenvalue weighted by molar-refractivity contribution is -0.162. The standard InChI is InChI=1S/C16H25ClO5/c1-4-5-8(18)6-9-7-10-11(21-10)12-13(22-12)14(17)16(2,3)15(19)20-9/h8-14,18H,4-7H2,1-3H3/t8-,9-,10+,11+,12+,13+,14-/m1/s1. The molecule has 1 N–H and O–H groups in total. The van der Waals surface area contributed by atoms with Crippen LogP contribution in [0.1, 0.15) is 46.5 Å². The molecule has 3 aliphatic heterocycles. The number of aliphatic hydroxyl groups excluding tert-OH is 1. The number of epoxide rings is 2. The molecule has 0 unspecified atom stereocenters. The zero-order chi connectivity index (χ0) is 16.1. The Morgan fingerprint density at radius 3 is 2.73 bits per heavy atom. The number of esters is 1. The number of halogens is 1. The number of fused-ring (bicyclic) bond motifs is 3. The molecule has 0 amide bonds. The molecule has 0 radical (unpaired) electrons. The van der Waals surface area contributed by atoms with E-state index in [1.807, 2.05) is 6.92 Å². The molecule has 3 rings (SSSR count). The van der Waals surface area contributed by atoms with Crippen LogP contribution in [0.15, 0.2) is 0 Å². The van der Waals surface area contributed by atoms with Crippen LogP contribution >= 0.6 is 11.6 Å². The molecule has 0 saturated carbocycles. The van der Waals surface area contributed by atoms with Crippen molar-refractivity contribution in [1.82, 2.24) is 0 Å². The summed E-state index contributed by atoms with van der Waals surface area (Å²) in [6, 6.07) is 0. The quantitative estimate of drug-likeness (QED) is 0.484. The maximum Gasteiger partial charge on any atom is 0.313 e. The van der Waals surface area contributed by atoms with E-state index < -0.39 is 16.9 Å². The van der Waals surface area contributed by atoms with Crippen molar-refractivity contribution in [1.29, 1.82) is 0 Å². The van der Waals surface area contributed by atoms with Gasteiger partial charge < -0.3 is 19.3 Å². The van der Waals surface area contributed by atoms with E-state index in [4.69, 9.17) is 25.8 Å². The van der Waals surface area contributed by atoms with Crippen molar-refractivity contribution in [3.63, 3.8) is 0 Å². The Kier molecular flexibility index (Phi) is 4.45. The molecule has 3 heterocycles. The molecule has 0 aliphatic carbocycles. The van der Waals surface area contributed by atoms with Gasteiger partial charge in [0.15, 0.2) is 0 Å². The van der Waals surface area contributed by atoms with Crippen LogP contribution in [0.4, 0.5) is 0 Å². The van der Waals surface area contributed by atoms with Crippen LogP contribution in [0.2, 0.25) is 0 Å². The lowest BCUT2D eigenvalue weighted by Gasteiger charge is -2.30. The third-order valence-corrected chi connectivity index (χ3v) is 5.73. The molecule has 0 spiro atoms. The molecule has 126 valence electrons. The molecule has 3 saturated heterocycles. The van der Waals surface area contributed by atoms with Gasteiger partial charge in [-0.3, -0.25) is 4.79 Å². The number of carbonyl (C=O) groups excluding carboxylic acids is 1. The predicted molar refractivity (Wildman–Crippen MR) is 80.8 cm³/mol. The summed E-state index contributed by atoms with van der Waals surface area (Å²) in [6.07, 6.45) is 1.86. The van der Waals surface area contributed by atoms with Gasteiger partial charge in [-0.05, 0) is 20.3 Å². The third kappa shape index (κ3) is 3.14. The molecule has 0 aromatic carbocycles. The molecule has 22 heavy (non-hydrogen) atoms. The first-order chi connectivity index (χ1) is 10.3. The van der Waals surface area contributed by atoms with Crippen LogP contribution in [-0.4, -0.2) is 53.1 Å². The van der Waals surface area contributed by atoms with Gasteiger partial charge in [-0.25, -0.2) is 0 Å². The Labute approximate surface area is 136 Å². The Morgan fingerprint density at radius 1 is 1.32 bits per heavy atom. The molecule has 0 aromatic rings. The van der Waals surface area contributed by atoms with Crippen molar-refractivity contribution < 1.29 is 24.1 Å². The molecule has 3 aliphatic rings. The Balaban J connectivity index is 1.72. The van der Waals surface area contributed by atoms with Gasteiger partial charge in [0.05, 0.1) is 23.0 Å². The summed E-state index contributed by atoms with van der Waals surface area (Å²) in [6.45, 7) is 5.60. The Hall–Kier alpha value is -0.360. The minimum Gasteiger partial charge on any atom is -0.462 e. The number of cyclic esters (lactones) is 1. The average molecular weight is 333 g/mol. The number of carbonyl (C=O) groups is 1. The van der Waals surface area contributed by atoms with E-state index in [-0.39, 0.29) is 36.5 Å². The molecule has 7 atom stereocenters. The molecule has 0 bridgehead atoms. The monoisotopic (exact) mass is 332 g/mol. The van der Waals surface area contributed by atoms with Gasteiger partial charge in [0.25, 0.3) is 0 Å². The van der Waals surface area contributed by atoms with Crippen LogP contribution in [0.5, 0.6) is 0 Å². The third-order valence-electron chi connectivity index (χ3n) is 4.94. The number of hydrogen-bond acceptors (Lipinski definition) is 5. The van der Waals surface area contributed by atoms with Crippen molar-refractivity contribution in [2.24, 2.45) is 5.41 Å². The minimum absolute atomic E-state index is 0.00103. The SMILES string of the molecule is CCC[C@@H](O)C[C@@H]1C[C@@H]2O[C@@H]2[C@@H]2O[C@@H]2[C@@H](Cl)C(C)(C)C(=O)O1. The highest BCUT2D eigenvalue weighted by atomic mass is 35.5. The van der Waals surface area contributed by atoms with Gasteiger partial charge in [-0.15, -0.1) is 11.6 Å². The van der Waals surface area contributed by atoms with Crippen LogP contribution < -0.4 is 0 Å². The summed E-state index contributed by atoms with van der Waals surface area (Å²) in [5, 5.41) is 9.60. The zero-order valence-electron chi connectivity index (χ0n) is 13.3. The number of alkyl halides is 1. The summed E-state index contributed by atoms with van der Waals surface area (Å²) in [7, 11) is 0. The lowest BCUT2D eigenvalue weighted by atomic mass is 9.85. The summed E-state index contributed by atoms with van der Waals surface area (Å²) in [5.74, 6) is -0.324. The first-order valence-corrected chi connectivity index (χ1v) is 8.62. The lowest BCUT2D eigenvalue weighted by Crippen LogP contribution is -2.42. The molecule has 5 nitrogen and oxygen atoms in total. The molecular weight excluding hydrogens is 308 g/mol. The van der Waals surface area contributed by atoms with E-state index in [1.54, 1.807) is 13.8 Å². The van der Waals surface area contributed by atoms with Gasteiger partial charge in [-0.2, -0.15) is 0 Å². The summed E-state index contributed by atoms with van der Waals surface area (Å²) < 4.78 is 17.0. The highest BCUT2D eigenvalue weighted by Crippen LogP contribution is 2.48. The van der Waals surface area contributed by atoms with Crippen molar-refractivity contribution >= 4 is 17.6 Å². The Bertz CT molecular complexity index is 440. The summed E-state index contributed by atoms with van der Waals surface area (Å²) in [4.78, 5) is 12.5. The number of ether oxygens (including phenoxy) is 3. The smallest absolute Gasteiger partial charge is 0.313 e. The number of rotatable bonds is 4. The van der Waals surface area contributed by atoms with Crippen molar-refractivity contribution in [3.8, 4) is 0 Å². The topological polar surface area (TPSA) is 71.6 Å². The van der Waals surface area contributed by atoms with Gasteiger partial charge in [0.1, 0.15) is 24.4 Å². The predicted octanol–water partition coefficient (Wildman–Crippen LogP) is 2.02. The van der Waals surface area contributed by atoms with Crippen molar-refractivity contribution in [2.75, 3.05) is 0 Å². The van der Waals surface area contributed by atoms with Gasteiger partial charge in [-0.1, -0.05) is 13.3 Å². The van der Waals surface area contributed by atoms with E-state index in [0.717, 1.165) is 6.42 Å². The van der Waals surface area contributed by atoms with Gasteiger partial charge in [0, 0.05) is 12.8 Å². The zero-order valence-corrected chi connectivity index (χ0v) is 14.1. The first-order valence-electron chi connectivity index (χ1n) is 8.18. The number of hydrogen-bond donors (Lipinski definition) is 1. The summed E-state index contributed by atoms with van der Waals surface area (Å²) >= 11 is 6.45. The highest BCUT2D eigenvalue weighted by molar-refractivity contribution is 6.23. The maximum absolute atomic E-state index is 12.5. The van der Waals surface area contributed by atoms with Crippen LogP contribution in [-0.2, 0) is 19.0 Å². The van der Waals surface area contributed by atoms with E-state index in [1.165, 1.54) is 0 Å². The molecule has 3 fully saturated rings. The van der Waals surface area contributed by atoms with Crippen molar-refractivity contribution in [2.45, 2.75) is 88.5 Å². The highest BCUT2D eigenvalue weighted by Gasteiger charge is 2.63. The van der Waals surface area contributed by atoms with Crippen LogP contribution in [0.25, 0.3) is 0 Å².